The van der Waals surface area contributed by atoms with Crippen molar-refractivity contribution in [2.24, 2.45) is 0 Å². The van der Waals surface area contributed by atoms with Crippen molar-refractivity contribution >= 4 is 17.8 Å². The minimum atomic E-state index is -4.50. The smallest absolute Gasteiger partial charge is 0.416 e. The van der Waals surface area contributed by atoms with Crippen molar-refractivity contribution in [3.8, 4) is 0 Å². The van der Waals surface area contributed by atoms with Crippen LogP contribution >= 0.6 is 0 Å². The lowest BCUT2D eigenvalue weighted by atomic mass is 10.1. The van der Waals surface area contributed by atoms with E-state index >= 15 is 0 Å². The van der Waals surface area contributed by atoms with Crippen molar-refractivity contribution in [2.75, 3.05) is 6.54 Å². The number of ether oxygens (including phenoxy) is 1. The molecular formula is C20H19F3N2O4. The molecular weight excluding hydrogens is 389 g/mol. The third kappa shape index (κ3) is 6.95. The van der Waals surface area contributed by atoms with Crippen LogP contribution in [0.4, 0.5) is 13.2 Å². The molecule has 2 rings (SSSR count). The first kappa shape index (κ1) is 21.9. The third-order valence-electron chi connectivity index (χ3n) is 3.85. The summed E-state index contributed by atoms with van der Waals surface area (Å²) in [5.41, 5.74) is -0.0496. The highest BCUT2D eigenvalue weighted by Crippen LogP contribution is 2.29. The van der Waals surface area contributed by atoms with E-state index in [9.17, 15) is 27.6 Å². The highest BCUT2D eigenvalue weighted by Gasteiger charge is 2.30. The number of halogens is 3. The Morgan fingerprint density at radius 1 is 0.966 bits per heavy atom. The maximum Gasteiger partial charge on any atom is 0.416 e. The van der Waals surface area contributed by atoms with Crippen molar-refractivity contribution in [3.05, 3.63) is 71.3 Å². The molecule has 29 heavy (non-hydrogen) atoms. The fourth-order valence-corrected chi connectivity index (χ4v) is 2.29. The molecule has 0 radical (unpaired) electrons. The monoisotopic (exact) mass is 408 g/mol. The van der Waals surface area contributed by atoms with Gasteiger partial charge < -0.3 is 15.4 Å². The Morgan fingerprint density at radius 2 is 1.59 bits per heavy atom. The number of alkyl halides is 3. The summed E-state index contributed by atoms with van der Waals surface area (Å²) in [5, 5.41) is 4.85. The lowest BCUT2D eigenvalue weighted by Gasteiger charge is -2.14. The number of amides is 2. The molecule has 0 bridgehead atoms. The van der Waals surface area contributed by atoms with Crippen molar-refractivity contribution in [1.82, 2.24) is 10.6 Å². The molecule has 0 heterocycles. The molecule has 2 aromatic carbocycles. The summed E-state index contributed by atoms with van der Waals surface area (Å²) in [6.45, 7) is 1.12. The molecule has 0 spiro atoms. The van der Waals surface area contributed by atoms with Crippen LogP contribution in [0.5, 0.6) is 0 Å². The molecule has 0 unspecified atom stereocenters. The Kier molecular flexibility index (Phi) is 7.35. The van der Waals surface area contributed by atoms with Gasteiger partial charge in [0.15, 0.2) is 6.10 Å². The molecule has 154 valence electrons. The Balaban J connectivity index is 1.76. The molecule has 1 atom stereocenters. The second-order valence-electron chi connectivity index (χ2n) is 6.09. The van der Waals surface area contributed by atoms with E-state index in [-0.39, 0.29) is 12.1 Å². The van der Waals surface area contributed by atoms with E-state index in [4.69, 9.17) is 4.74 Å². The molecule has 0 aliphatic heterocycles. The van der Waals surface area contributed by atoms with Gasteiger partial charge in [-0.25, -0.2) is 0 Å². The van der Waals surface area contributed by atoms with Crippen LogP contribution < -0.4 is 10.6 Å². The van der Waals surface area contributed by atoms with Crippen LogP contribution in [0, 0.1) is 0 Å². The Bertz CT molecular complexity index is 852. The summed E-state index contributed by atoms with van der Waals surface area (Å²) in [7, 11) is 0. The average Bonchev–Trinajstić information content (AvgIpc) is 2.70. The largest absolute Gasteiger partial charge is 0.451 e. The molecule has 6 nitrogen and oxygen atoms in total. The van der Waals surface area contributed by atoms with Gasteiger partial charge in [0.2, 0.25) is 0 Å². The van der Waals surface area contributed by atoms with E-state index in [0.29, 0.717) is 0 Å². The maximum absolute atomic E-state index is 12.5. The van der Waals surface area contributed by atoms with E-state index < -0.39 is 42.2 Å². The highest BCUT2D eigenvalue weighted by molar-refractivity contribution is 5.96. The summed E-state index contributed by atoms with van der Waals surface area (Å²) >= 11 is 0. The second kappa shape index (κ2) is 9.72. The van der Waals surface area contributed by atoms with Gasteiger partial charge in [-0.15, -0.1) is 0 Å². The second-order valence-corrected chi connectivity index (χ2v) is 6.09. The standard InChI is InChI=1S/C20H19F3N2O4/c1-13(18(27)24-11-14-5-3-2-4-6-14)29-17(26)12-25-19(28)15-7-9-16(10-8-15)20(21,22)23/h2-10,13H,11-12H2,1H3,(H,24,27)(H,25,28)/t13-/m1/s1. The Hall–Kier alpha value is -3.36. The normalized spacial score (nSPS) is 12.0. The van der Waals surface area contributed by atoms with Crippen LogP contribution in [0.3, 0.4) is 0 Å². The summed E-state index contributed by atoms with van der Waals surface area (Å²) in [4.78, 5) is 35.7. The third-order valence-corrected chi connectivity index (χ3v) is 3.85. The SMILES string of the molecule is C[C@@H](OC(=O)CNC(=O)c1ccc(C(F)(F)F)cc1)C(=O)NCc1ccccc1. The van der Waals surface area contributed by atoms with Crippen LogP contribution in [0.15, 0.2) is 54.6 Å². The van der Waals surface area contributed by atoms with Gasteiger partial charge in [0.25, 0.3) is 11.8 Å². The predicted octanol–water partition coefficient (Wildman–Crippen LogP) is 2.68. The topological polar surface area (TPSA) is 84.5 Å². The number of rotatable bonds is 7. The van der Waals surface area contributed by atoms with Crippen molar-refractivity contribution in [2.45, 2.75) is 25.7 Å². The van der Waals surface area contributed by atoms with Crippen molar-refractivity contribution < 1.29 is 32.3 Å². The van der Waals surface area contributed by atoms with Crippen LogP contribution in [-0.4, -0.2) is 30.4 Å². The van der Waals surface area contributed by atoms with Gasteiger partial charge in [-0.1, -0.05) is 30.3 Å². The van der Waals surface area contributed by atoms with Gasteiger partial charge in [0, 0.05) is 12.1 Å². The zero-order valence-electron chi connectivity index (χ0n) is 15.5. The van der Waals surface area contributed by atoms with Crippen LogP contribution in [0.25, 0.3) is 0 Å². The van der Waals surface area contributed by atoms with Gasteiger partial charge in [-0.3, -0.25) is 14.4 Å². The molecule has 0 fully saturated rings. The fourth-order valence-electron chi connectivity index (χ4n) is 2.29. The minimum absolute atomic E-state index is 0.0422. The van der Waals surface area contributed by atoms with Gasteiger partial charge in [-0.05, 0) is 36.8 Å². The van der Waals surface area contributed by atoms with Gasteiger partial charge in [-0.2, -0.15) is 13.2 Å². The van der Waals surface area contributed by atoms with Crippen LogP contribution in [0.2, 0.25) is 0 Å². The number of esters is 1. The van der Waals surface area contributed by atoms with Crippen molar-refractivity contribution in [3.63, 3.8) is 0 Å². The molecule has 0 aliphatic carbocycles. The van der Waals surface area contributed by atoms with Gasteiger partial charge in [0.1, 0.15) is 6.54 Å². The number of benzene rings is 2. The summed E-state index contributed by atoms with van der Waals surface area (Å²) < 4.78 is 42.5. The van der Waals surface area contributed by atoms with E-state index in [1.165, 1.54) is 6.92 Å². The van der Waals surface area contributed by atoms with Crippen molar-refractivity contribution in [1.29, 1.82) is 0 Å². The summed E-state index contributed by atoms with van der Waals surface area (Å²) in [6.07, 6.45) is -5.58. The average molecular weight is 408 g/mol. The first-order valence-electron chi connectivity index (χ1n) is 8.63. The molecule has 9 heteroatoms. The van der Waals surface area contributed by atoms with Crippen LogP contribution in [-0.2, 0) is 27.0 Å². The predicted molar refractivity (Wildman–Crippen MR) is 97.6 cm³/mol. The first-order chi connectivity index (χ1) is 13.7. The van der Waals surface area contributed by atoms with E-state index in [1.807, 2.05) is 30.3 Å². The molecule has 2 aromatic rings. The van der Waals surface area contributed by atoms with Crippen LogP contribution in [0.1, 0.15) is 28.4 Å². The Labute approximate surface area is 165 Å². The quantitative estimate of drug-likeness (QED) is 0.690. The first-order valence-corrected chi connectivity index (χ1v) is 8.63. The van der Waals surface area contributed by atoms with Gasteiger partial charge in [0.05, 0.1) is 5.56 Å². The fraction of sp³-hybridized carbons (Fsp3) is 0.250. The number of nitrogens with one attached hydrogen (secondary N) is 2. The molecule has 0 saturated heterocycles. The molecule has 2 amide bonds. The molecule has 2 N–H and O–H groups in total. The van der Waals surface area contributed by atoms with E-state index in [1.54, 1.807) is 0 Å². The summed E-state index contributed by atoms with van der Waals surface area (Å²) in [5.74, 6) is -2.10. The lowest BCUT2D eigenvalue weighted by molar-refractivity contribution is -0.153. The van der Waals surface area contributed by atoms with E-state index in [2.05, 4.69) is 10.6 Å². The highest BCUT2D eigenvalue weighted by atomic mass is 19.4. The minimum Gasteiger partial charge on any atom is -0.451 e. The number of carbonyl (C=O) groups excluding carboxylic acids is 3. The number of hydrogen-bond acceptors (Lipinski definition) is 4. The summed E-state index contributed by atoms with van der Waals surface area (Å²) in [6, 6.07) is 12.7. The van der Waals surface area contributed by atoms with E-state index in [0.717, 1.165) is 29.8 Å². The lowest BCUT2D eigenvalue weighted by Crippen LogP contribution is -2.38. The maximum atomic E-state index is 12.5. The molecule has 0 saturated carbocycles. The number of carbonyl (C=O) groups is 3. The number of hydrogen-bond donors (Lipinski definition) is 2. The zero-order valence-corrected chi connectivity index (χ0v) is 15.5. The Morgan fingerprint density at radius 3 is 2.17 bits per heavy atom. The molecule has 0 aromatic heterocycles. The zero-order chi connectivity index (χ0) is 21.4. The molecule has 0 aliphatic rings. The van der Waals surface area contributed by atoms with Gasteiger partial charge >= 0.3 is 12.1 Å².